The molecule has 0 spiro atoms. The summed E-state index contributed by atoms with van der Waals surface area (Å²) in [5, 5.41) is 28.7. The molecule has 1 saturated heterocycles. The van der Waals surface area contributed by atoms with E-state index in [0.717, 1.165) is 6.20 Å². The number of nitrogens with one attached hydrogen (secondary N) is 2. The molecule has 2 heterocycles. The lowest BCUT2D eigenvalue weighted by Crippen LogP contribution is -2.39. The molecule has 172 valence electrons. The Morgan fingerprint density at radius 3 is 2.30 bits per heavy atom. The molecule has 6 N–H and O–H groups in total. The van der Waals surface area contributed by atoms with Crippen LogP contribution in [0.25, 0.3) is 0 Å². The molecule has 0 aromatic carbocycles. The number of H-pyrrole nitrogens is 2. The molecule has 13 heteroatoms. The van der Waals surface area contributed by atoms with Crippen LogP contribution in [0, 0.1) is 0 Å². The van der Waals surface area contributed by atoms with Crippen molar-refractivity contribution in [1.29, 1.82) is 0 Å². The average Bonchev–Trinajstić information content (AvgIpc) is 2.94. The zero-order valence-electron chi connectivity index (χ0n) is 16.9. The van der Waals surface area contributed by atoms with Crippen LogP contribution in [0.3, 0.4) is 0 Å². The van der Waals surface area contributed by atoms with E-state index in [9.17, 15) is 34.4 Å². The third kappa shape index (κ3) is 4.75. The van der Waals surface area contributed by atoms with Gasteiger partial charge in [0, 0.05) is 19.0 Å². The number of aliphatic hydroxyl groups excluding tert-OH is 2. The van der Waals surface area contributed by atoms with E-state index in [1.165, 1.54) is 20.8 Å². The predicted octanol–water partition coefficient (Wildman–Crippen LogP) is 0.401. The smallest absolute Gasteiger partial charge is 0.362 e. The molecule has 1 aliphatic rings. The molecule has 30 heavy (non-hydrogen) atoms. The van der Waals surface area contributed by atoms with Gasteiger partial charge in [0.15, 0.2) is 5.34 Å². The number of aromatic nitrogens is 2. The minimum Gasteiger partial charge on any atom is -0.388 e. The fourth-order valence-corrected chi connectivity index (χ4v) is 4.93. The van der Waals surface area contributed by atoms with E-state index in [2.05, 4.69) is 4.98 Å². The average molecular weight is 454 g/mol. The van der Waals surface area contributed by atoms with Gasteiger partial charge in [-0.3, -0.25) is 18.9 Å². The summed E-state index contributed by atoms with van der Waals surface area (Å²) in [6.07, 6.45) is -6.55. The quantitative estimate of drug-likeness (QED) is 0.288. The molecule has 2 unspecified atom stereocenters. The van der Waals surface area contributed by atoms with E-state index in [1.54, 1.807) is 0 Å². The predicted molar refractivity (Wildman–Crippen MR) is 103 cm³/mol. The molecular formula is C17H28FN2O9P. The Balaban J connectivity index is 2.25. The first-order chi connectivity index (χ1) is 13.8. The van der Waals surface area contributed by atoms with Gasteiger partial charge in [-0.1, -0.05) is 20.8 Å². The van der Waals surface area contributed by atoms with E-state index in [4.69, 9.17) is 9.26 Å². The number of aromatic amines is 2. The molecule has 0 radical (unpaired) electrons. The number of halogens is 1. The lowest BCUT2D eigenvalue weighted by molar-refractivity contribution is -0.129. The van der Waals surface area contributed by atoms with Crippen LogP contribution < -0.4 is 11.2 Å². The fraction of sp³-hybridized carbons (Fsp3) is 0.765. The first kappa shape index (κ1) is 24.9. The van der Waals surface area contributed by atoms with Crippen LogP contribution in [0.5, 0.6) is 0 Å². The Kier molecular flexibility index (Phi) is 7.45. The number of alkyl halides is 1. The summed E-state index contributed by atoms with van der Waals surface area (Å²) in [7, 11) is -4.84. The minimum absolute atomic E-state index is 0.157. The highest BCUT2D eigenvalue weighted by molar-refractivity contribution is 7.54. The summed E-state index contributed by atoms with van der Waals surface area (Å²) >= 11 is 0. The molecule has 1 aliphatic heterocycles. The van der Waals surface area contributed by atoms with Crippen molar-refractivity contribution in [2.24, 2.45) is 0 Å². The first-order valence-electron chi connectivity index (χ1n) is 9.61. The molecular weight excluding hydrogens is 426 g/mol. The molecule has 11 nitrogen and oxygen atoms in total. The maximum Gasteiger partial charge on any atom is 0.362 e. The van der Waals surface area contributed by atoms with Gasteiger partial charge in [-0.15, -0.1) is 0 Å². The van der Waals surface area contributed by atoms with E-state index in [0.29, 0.717) is 0 Å². The largest absolute Gasteiger partial charge is 0.388 e. The van der Waals surface area contributed by atoms with Crippen LogP contribution >= 0.6 is 7.60 Å². The topological polar surface area (TPSA) is 182 Å². The second kappa shape index (κ2) is 8.99. The monoisotopic (exact) mass is 454 g/mol. The normalized spacial score (nSPS) is 28.8. The van der Waals surface area contributed by atoms with Gasteiger partial charge in [0.25, 0.3) is 5.56 Å². The molecule has 6 atom stereocenters. The SMILES string of the molecule is CCC(F)(C[C@H]1O[C@@H](c2c[nH]c(=O)[nH]c2=O)[C@H](O)[C@@H]1O)OP(=O)(O)C(O)(CC)CC. The van der Waals surface area contributed by atoms with Gasteiger partial charge >= 0.3 is 13.3 Å². The Morgan fingerprint density at radius 1 is 1.20 bits per heavy atom. The Bertz CT molecular complexity index is 902. The first-order valence-corrected chi connectivity index (χ1v) is 11.2. The van der Waals surface area contributed by atoms with Crippen molar-refractivity contribution in [3.05, 3.63) is 32.6 Å². The summed E-state index contributed by atoms with van der Waals surface area (Å²) in [5.74, 6) is -2.78. The van der Waals surface area contributed by atoms with E-state index in [-0.39, 0.29) is 18.4 Å². The minimum atomic E-state index is -4.84. The maximum absolute atomic E-state index is 15.4. The van der Waals surface area contributed by atoms with Gasteiger partial charge in [-0.25, -0.2) is 9.18 Å². The summed E-state index contributed by atoms with van der Waals surface area (Å²) in [4.78, 5) is 37.5. The molecule has 0 amide bonds. The standard InChI is InChI=1S/C17H28FN2O9P/c1-4-16(18,29-30(26,27)17(25,5-2)6-3)7-10-11(21)12(22)13(28-10)9-8-19-15(24)20-14(9)23/h8,10-13,21-22,25H,4-7H2,1-3H3,(H,26,27)(H2,19,20,23,24)/t10-,11-,12-,13+,16?/m1/s1. The van der Waals surface area contributed by atoms with Gasteiger partial charge in [0.05, 0.1) is 11.7 Å². The Hall–Kier alpha value is -1.40. The van der Waals surface area contributed by atoms with Crippen molar-refractivity contribution in [2.75, 3.05) is 0 Å². The molecule has 0 bridgehead atoms. The lowest BCUT2D eigenvalue weighted by Gasteiger charge is -2.36. The third-order valence-corrected chi connectivity index (χ3v) is 7.76. The molecule has 1 aromatic rings. The van der Waals surface area contributed by atoms with E-state index in [1.807, 2.05) is 4.98 Å². The van der Waals surface area contributed by atoms with Gasteiger partial charge < -0.3 is 29.9 Å². The van der Waals surface area contributed by atoms with E-state index < -0.39 is 67.3 Å². The third-order valence-electron chi connectivity index (χ3n) is 5.50. The van der Waals surface area contributed by atoms with Gasteiger partial charge in [0.2, 0.25) is 5.85 Å². The van der Waals surface area contributed by atoms with Crippen molar-refractivity contribution in [1.82, 2.24) is 9.97 Å². The van der Waals surface area contributed by atoms with E-state index >= 15 is 4.39 Å². The summed E-state index contributed by atoms with van der Waals surface area (Å²) < 4.78 is 38.2. The Morgan fingerprint density at radius 2 is 1.80 bits per heavy atom. The highest BCUT2D eigenvalue weighted by Crippen LogP contribution is 2.61. The molecule has 1 fully saturated rings. The maximum atomic E-state index is 15.4. The van der Waals surface area contributed by atoms with Crippen LogP contribution in [0.4, 0.5) is 4.39 Å². The lowest BCUT2D eigenvalue weighted by atomic mass is 9.99. The molecule has 0 aliphatic carbocycles. The summed E-state index contributed by atoms with van der Waals surface area (Å²) in [6.45, 7) is 4.24. The van der Waals surface area contributed by atoms with Gasteiger partial charge in [0.1, 0.15) is 18.3 Å². The summed E-state index contributed by atoms with van der Waals surface area (Å²) in [6, 6.07) is 0. The molecule has 2 rings (SSSR count). The van der Waals surface area contributed by atoms with Gasteiger partial charge in [-0.2, -0.15) is 0 Å². The van der Waals surface area contributed by atoms with Crippen molar-refractivity contribution in [3.63, 3.8) is 0 Å². The number of aliphatic hydroxyl groups is 3. The fourth-order valence-electron chi connectivity index (χ4n) is 3.31. The highest BCUT2D eigenvalue weighted by atomic mass is 31.2. The highest BCUT2D eigenvalue weighted by Gasteiger charge is 2.53. The van der Waals surface area contributed by atoms with Crippen molar-refractivity contribution in [2.45, 2.75) is 82.1 Å². The van der Waals surface area contributed by atoms with Crippen LogP contribution in [-0.2, 0) is 13.8 Å². The number of ether oxygens (including phenoxy) is 1. The summed E-state index contributed by atoms with van der Waals surface area (Å²) in [5.41, 5.74) is -1.83. The molecule has 1 aromatic heterocycles. The second-order valence-corrected chi connectivity index (χ2v) is 9.40. The number of hydrogen-bond donors (Lipinski definition) is 6. The number of rotatable bonds is 9. The second-order valence-electron chi connectivity index (χ2n) is 7.35. The van der Waals surface area contributed by atoms with Gasteiger partial charge in [-0.05, 0) is 12.8 Å². The van der Waals surface area contributed by atoms with Crippen LogP contribution in [0.15, 0.2) is 15.8 Å². The Labute approximate surface area is 171 Å². The zero-order chi connectivity index (χ0) is 22.9. The van der Waals surface area contributed by atoms with Crippen LogP contribution in [0.1, 0.15) is 58.1 Å². The van der Waals surface area contributed by atoms with Crippen molar-refractivity contribution in [3.8, 4) is 0 Å². The van der Waals surface area contributed by atoms with Crippen LogP contribution in [-0.4, -0.2) is 59.7 Å². The van der Waals surface area contributed by atoms with Crippen molar-refractivity contribution < 1.29 is 38.4 Å². The van der Waals surface area contributed by atoms with Crippen LogP contribution in [0.2, 0.25) is 0 Å². The zero-order valence-corrected chi connectivity index (χ0v) is 17.8. The molecule has 0 saturated carbocycles. The van der Waals surface area contributed by atoms with Crippen molar-refractivity contribution >= 4 is 7.60 Å². The number of hydrogen-bond acceptors (Lipinski definition) is 8.